The zero-order valence-electron chi connectivity index (χ0n) is 19.1. The number of hydrogen-bond donors (Lipinski definition) is 1. The Balaban J connectivity index is 1.78. The summed E-state index contributed by atoms with van der Waals surface area (Å²) in [6.07, 6.45) is 5.04. The van der Waals surface area contributed by atoms with E-state index >= 15 is 0 Å². The minimum atomic E-state index is -3.80. The van der Waals surface area contributed by atoms with E-state index in [2.05, 4.69) is 16.3 Å². The summed E-state index contributed by atoms with van der Waals surface area (Å²) in [6.45, 7) is 5.10. The SMILES string of the molecule is CC[C@H](C(=O)NCc1ccccc1CN1CCCCC1)N(c1cc(Cl)ccc1Cl)S(C)(=O)=O. The molecule has 1 amide bonds. The van der Waals surface area contributed by atoms with E-state index in [1.165, 1.54) is 37.0 Å². The minimum Gasteiger partial charge on any atom is -0.350 e. The molecule has 0 radical (unpaired) electrons. The van der Waals surface area contributed by atoms with E-state index in [9.17, 15) is 13.2 Å². The second-order valence-corrected chi connectivity index (χ2v) is 11.1. The average molecular weight is 513 g/mol. The molecule has 33 heavy (non-hydrogen) atoms. The molecular weight excluding hydrogens is 481 g/mol. The van der Waals surface area contributed by atoms with Gasteiger partial charge in [-0.05, 0) is 61.7 Å². The molecule has 1 heterocycles. The van der Waals surface area contributed by atoms with Gasteiger partial charge in [-0.25, -0.2) is 8.42 Å². The van der Waals surface area contributed by atoms with Crippen molar-refractivity contribution in [2.75, 3.05) is 23.7 Å². The third-order valence-electron chi connectivity index (χ3n) is 5.89. The van der Waals surface area contributed by atoms with Crippen molar-refractivity contribution in [1.82, 2.24) is 10.2 Å². The third-order valence-corrected chi connectivity index (χ3v) is 7.61. The Kier molecular flexibility index (Phi) is 9.04. The number of hydrogen-bond acceptors (Lipinski definition) is 4. The van der Waals surface area contributed by atoms with Crippen LogP contribution in [-0.4, -0.2) is 44.6 Å². The Labute approximate surface area is 206 Å². The number of nitrogens with one attached hydrogen (secondary N) is 1. The number of nitrogens with zero attached hydrogens (tertiary/aromatic N) is 2. The van der Waals surface area contributed by atoms with Crippen LogP contribution in [0.3, 0.4) is 0 Å². The van der Waals surface area contributed by atoms with Crippen LogP contribution >= 0.6 is 23.2 Å². The maximum absolute atomic E-state index is 13.2. The molecule has 9 heteroatoms. The molecule has 1 N–H and O–H groups in total. The molecule has 6 nitrogen and oxygen atoms in total. The van der Waals surface area contributed by atoms with Crippen molar-refractivity contribution in [1.29, 1.82) is 0 Å². The Morgan fingerprint density at radius 1 is 1.09 bits per heavy atom. The first-order valence-corrected chi connectivity index (χ1v) is 13.8. The number of anilines is 1. The highest BCUT2D eigenvalue weighted by Gasteiger charge is 2.33. The maximum atomic E-state index is 13.2. The molecule has 180 valence electrons. The topological polar surface area (TPSA) is 69.7 Å². The van der Waals surface area contributed by atoms with Gasteiger partial charge in [0.15, 0.2) is 0 Å². The first-order valence-electron chi connectivity index (χ1n) is 11.2. The summed E-state index contributed by atoms with van der Waals surface area (Å²) >= 11 is 12.4. The summed E-state index contributed by atoms with van der Waals surface area (Å²) in [5.41, 5.74) is 2.39. The van der Waals surface area contributed by atoms with E-state index in [0.717, 1.165) is 35.8 Å². The van der Waals surface area contributed by atoms with Gasteiger partial charge in [0.1, 0.15) is 6.04 Å². The van der Waals surface area contributed by atoms with Gasteiger partial charge in [-0.2, -0.15) is 0 Å². The number of likely N-dealkylation sites (tertiary alicyclic amines) is 1. The molecule has 2 aromatic rings. The third kappa shape index (κ3) is 6.85. The fraction of sp³-hybridized carbons (Fsp3) is 0.458. The molecule has 0 unspecified atom stereocenters. The molecule has 3 rings (SSSR count). The van der Waals surface area contributed by atoms with Crippen molar-refractivity contribution < 1.29 is 13.2 Å². The molecule has 1 atom stereocenters. The molecule has 1 saturated heterocycles. The van der Waals surface area contributed by atoms with Crippen LogP contribution in [-0.2, 0) is 27.9 Å². The van der Waals surface area contributed by atoms with E-state index in [4.69, 9.17) is 23.2 Å². The van der Waals surface area contributed by atoms with Gasteiger partial charge in [0.05, 0.1) is 17.0 Å². The number of carbonyl (C=O) groups is 1. The van der Waals surface area contributed by atoms with Crippen LogP contribution in [0.1, 0.15) is 43.7 Å². The van der Waals surface area contributed by atoms with Gasteiger partial charge in [-0.1, -0.05) is 60.8 Å². The average Bonchev–Trinajstić information content (AvgIpc) is 2.78. The summed E-state index contributed by atoms with van der Waals surface area (Å²) in [4.78, 5) is 15.6. The Morgan fingerprint density at radius 2 is 1.76 bits per heavy atom. The van der Waals surface area contributed by atoms with Crippen molar-refractivity contribution in [2.24, 2.45) is 0 Å². The van der Waals surface area contributed by atoms with Crippen molar-refractivity contribution in [2.45, 2.75) is 51.7 Å². The normalized spacial score (nSPS) is 15.8. The first-order chi connectivity index (χ1) is 15.7. The summed E-state index contributed by atoms with van der Waals surface area (Å²) in [7, 11) is -3.80. The Morgan fingerprint density at radius 3 is 2.39 bits per heavy atom. The highest BCUT2D eigenvalue weighted by molar-refractivity contribution is 7.92. The van der Waals surface area contributed by atoms with Crippen molar-refractivity contribution >= 4 is 44.8 Å². The molecule has 1 fully saturated rings. The van der Waals surface area contributed by atoms with Gasteiger partial charge in [0, 0.05) is 18.1 Å². The first kappa shape index (κ1) is 25.8. The fourth-order valence-corrected chi connectivity index (χ4v) is 5.87. The molecular formula is C24H31Cl2N3O3S. The smallest absolute Gasteiger partial charge is 0.244 e. The van der Waals surface area contributed by atoms with Gasteiger partial charge in [-0.15, -0.1) is 0 Å². The fourth-order valence-electron chi connectivity index (χ4n) is 4.23. The highest BCUT2D eigenvalue weighted by atomic mass is 35.5. The monoisotopic (exact) mass is 511 g/mol. The van der Waals surface area contributed by atoms with Crippen LogP contribution in [0.4, 0.5) is 5.69 Å². The number of piperidine rings is 1. The van der Waals surface area contributed by atoms with Crippen LogP contribution in [0.15, 0.2) is 42.5 Å². The maximum Gasteiger partial charge on any atom is 0.244 e. The van der Waals surface area contributed by atoms with E-state index in [-0.39, 0.29) is 23.0 Å². The largest absolute Gasteiger partial charge is 0.350 e. The lowest BCUT2D eigenvalue weighted by molar-refractivity contribution is -0.122. The standard InChI is InChI=1S/C24H31Cl2N3O3S/c1-3-22(29(33(2,31)32)23-15-20(25)11-12-21(23)26)24(30)27-16-18-9-5-6-10-19(18)17-28-13-7-4-8-14-28/h5-6,9-12,15,22H,3-4,7-8,13-14,16-17H2,1-2H3,(H,27,30)/t22-/m1/s1. The number of rotatable bonds is 9. The van der Waals surface area contributed by atoms with Crippen molar-refractivity contribution in [3.8, 4) is 0 Å². The Hall–Kier alpha value is -1.80. The quantitative estimate of drug-likeness (QED) is 0.522. The lowest BCUT2D eigenvalue weighted by Crippen LogP contribution is -2.49. The van der Waals surface area contributed by atoms with Crippen LogP contribution in [0, 0.1) is 0 Å². The van der Waals surface area contributed by atoms with Crippen LogP contribution in [0.5, 0.6) is 0 Å². The van der Waals surface area contributed by atoms with E-state index in [1.807, 2.05) is 18.2 Å². The second kappa shape index (κ2) is 11.6. The lowest BCUT2D eigenvalue weighted by atomic mass is 10.0. The Bertz CT molecular complexity index is 1070. The second-order valence-electron chi connectivity index (χ2n) is 8.40. The summed E-state index contributed by atoms with van der Waals surface area (Å²) in [6, 6.07) is 11.7. The highest BCUT2D eigenvalue weighted by Crippen LogP contribution is 2.33. The van der Waals surface area contributed by atoms with Gasteiger partial charge in [-0.3, -0.25) is 14.0 Å². The van der Waals surface area contributed by atoms with Crippen molar-refractivity contribution in [3.63, 3.8) is 0 Å². The van der Waals surface area contributed by atoms with Crippen LogP contribution in [0.25, 0.3) is 0 Å². The number of halogens is 2. The van der Waals surface area contributed by atoms with Gasteiger partial charge >= 0.3 is 0 Å². The van der Waals surface area contributed by atoms with E-state index in [1.54, 1.807) is 13.0 Å². The molecule has 1 aliphatic rings. The van der Waals surface area contributed by atoms with Gasteiger partial charge < -0.3 is 5.32 Å². The zero-order chi connectivity index (χ0) is 24.0. The van der Waals surface area contributed by atoms with E-state index in [0.29, 0.717) is 11.6 Å². The molecule has 0 aliphatic carbocycles. The molecule has 0 saturated carbocycles. The summed E-state index contributed by atoms with van der Waals surface area (Å²) in [5.74, 6) is -0.383. The minimum absolute atomic E-state index is 0.194. The molecule has 2 aromatic carbocycles. The molecule has 0 aromatic heterocycles. The van der Waals surface area contributed by atoms with Gasteiger partial charge in [0.25, 0.3) is 0 Å². The number of carbonyl (C=O) groups excluding carboxylic acids is 1. The number of amides is 1. The molecule has 0 spiro atoms. The predicted octanol–water partition coefficient (Wildman–Crippen LogP) is 4.84. The summed E-state index contributed by atoms with van der Waals surface area (Å²) in [5, 5.41) is 3.49. The zero-order valence-corrected chi connectivity index (χ0v) is 21.4. The molecule has 0 bridgehead atoms. The van der Waals surface area contributed by atoms with Crippen LogP contribution in [0.2, 0.25) is 10.0 Å². The summed E-state index contributed by atoms with van der Waals surface area (Å²) < 4.78 is 26.4. The number of sulfonamides is 1. The molecule has 1 aliphatic heterocycles. The van der Waals surface area contributed by atoms with Gasteiger partial charge in [0.2, 0.25) is 15.9 Å². The van der Waals surface area contributed by atoms with Crippen LogP contribution < -0.4 is 9.62 Å². The lowest BCUT2D eigenvalue weighted by Gasteiger charge is -2.31. The number of benzene rings is 2. The predicted molar refractivity (Wildman–Crippen MR) is 135 cm³/mol. The van der Waals surface area contributed by atoms with E-state index < -0.39 is 16.1 Å². The van der Waals surface area contributed by atoms with Crippen molar-refractivity contribution in [3.05, 3.63) is 63.6 Å².